The van der Waals surface area contributed by atoms with Gasteiger partial charge in [0.2, 0.25) is 5.89 Å². The summed E-state index contributed by atoms with van der Waals surface area (Å²) < 4.78 is 20.1. The Kier molecular flexibility index (Phi) is 3.17. The highest BCUT2D eigenvalue weighted by atomic mass is 35.5. The summed E-state index contributed by atoms with van der Waals surface area (Å²) in [5.41, 5.74) is 1.35. The summed E-state index contributed by atoms with van der Waals surface area (Å²) in [6, 6.07) is 4.45. The number of halogens is 2. The maximum atomic E-state index is 13.3. The number of aromatic nitrogens is 4. The molecular formula is C13H12ClFN4O. The number of fused-ring (bicyclic) bond motifs is 1. The first-order valence-corrected chi connectivity index (χ1v) is 6.57. The van der Waals surface area contributed by atoms with Crippen molar-refractivity contribution in [3.8, 4) is 0 Å². The molecule has 1 unspecified atom stereocenters. The first-order valence-electron chi connectivity index (χ1n) is 6.13. The van der Waals surface area contributed by atoms with Gasteiger partial charge in [0, 0.05) is 13.0 Å². The van der Waals surface area contributed by atoms with Crippen LogP contribution in [0, 0.1) is 12.7 Å². The lowest BCUT2D eigenvalue weighted by molar-refractivity contribution is 0.386. The van der Waals surface area contributed by atoms with Crippen molar-refractivity contribution in [2.24, 2.45) is 0 Å². The van der Waals surface area contributed by atoms with E-state index in [1.54, 1.807) is 13.0 Å². The average Bonchev–Trinajstić information content (AvgIpc) is 2.94. The van der Waals surface area contributed by atoms with Gasteiger partial charge in [-0.3, -0.25) is 0 Å². The highest BCUT2D eigenvalue weighted by Crippen LogP contribution is 2.25. The van der Waals surface area contributed by atoms with Crippen LogP contribution in [0.2, 0.25) is 0 Å². The monoisotopic (exact) mass is 294 g/mol. The van der Waals surface area contributed by atoms with E-state index in [1.165, 1.54) is 12.1 Å². The number of hydrogen-bond donors (Lipinski definition) is 0. The van der Waals surface area contributed by atoms with Gasteiger partial charge in [-0.2, -0.15) is 4.98 Å². The predicted octanol–water partition coefficient (Wildman–Crippen LogP) is 3.21. The van der Waals surface area contributed by atoms with Crippen LogP contribution >= 0.6 is 11.6 Å². The van der Waals surface area contributed by atoms with Gasteiger partial charge >= 0.3 is 0 Å². The van der Waals surface area contributed by atoms with Gasteiger partial charge < -0.3 is 9.09 Å². The summed E-state index contributed by atoms with van der Waals surface area (Å²) >= 11 is 6.15. The van der Waals surface area contributed by atoms with Crippen LogP contribution in [-0.2, 0) is 6.54 Å². The maximum Gasteiger partial charge on any atom is 0.223 e. The van der Waals surface area contributed by atoms with E-state index in [0.717, 1.165) is 5.52 Å². The molecule has 0 saturated heterocycles. The van der Waals surface area contributed by atoms with Gasteiger partial charge in [-0.05, 0) is 19.1 Å². The molecule has 0 spiro atoms. The van der Waals surface area contributed by atoms with Crippen molar-refractivity contribution in [3.05, 3.63) is 41.6 Å². The van der Waals surface area contributed by atoms with Gasteiger partial charge in [-0.1, -0.05) is 5.16 Å². The standard InChI is InChI=1S/C13H12ClFN4O/c1-7(14)13-17-10-5-9(15)3-4-11(10)19(13)6-12-16-8(2)20-18-12/h3-5,7H,6H2,1-2H3. The molecule has 5 nitrogen and oxygen atoms in total. The highest BCUT2D eigenvalue weighted by Gasteiger charge is 2.17. The molecule has 7 heteroatoms. The molecular weight excluding hydrogens is 283 g/mol. The number of hydrogen-bond acceptors (Lipinski definition) is 4. The number of alkyl halides is 1. The Hall–Kier alpha value is -1.95. The average molecular weight is 295 g/mol. The Morgan fingerprint density at radius 2 is 2.20 bits per heavy atom. The van der Waals surface area contributed by atoms with E-state index in [0.29, 0.717) is 29.6 Å². The number of benzene rings is 1. The summed E-state index contributed by atoms with van der Waals surface area (Å²) in [5.74, 6) is 1.35. The molecule has 0 fully saturated rings. The van der Waals surface area contributed by atoms with Crippen molar-refractivity contribution in [3.63, 3.8) is 0 Å². The zero-order chi connectivity index (χ0) is 14.3. The molecule has 104 valence electrons. The molecule has 2 aromatic heterocycles. The quantitative estimate of drug-likeness (QED) is 0.696. The molecule has 0 N–H and O–H groups in total. The molecule has 0 amide bonds. The second-order valence-electron chi connectivity index (χ2n) is 4.53. The van der Waals surface area contributed by atoms with Crippen molar-refractivity contribution < 1.29 is 8.91 Å². The van der Waals surface area contributed by atoms with Crippen molar-refractivity contribution in [1.82, 2.24) is 19.7 Å². The minimum Gasteiger partial charge on any atom is -0.340 e. The first kappa shape index (κ1) is 13.1. The largest absolute Gasteiger partial charge is 0.340 e. The Morgan fingerprint density at radius 3 is 2.85 bits per heavy atom. The number of aryl methyl sites for hydroxylation is 1. The van der Waals surface area contributed by atoms with Crippen LogP contribution in [0.15, 0.2) is 22.7 Å². The van der Waals surface area contributed by atoms with Crippen molar-refractivity contribution >= 4 is 22.6 Å². The zero-order valence-corrected chi connectivity index (χ0v) is 11.7. The number of nitrogens with zero attached hydrogens (tertiary/aromatic N) is 4. The van der Waals surface area contributed by atoms with E-state index in [9.17, 15) is 4.39 Å². The Morgan fingerprint density at radius 1 is 1.40 bits per heavy atom. The van der Waals surface area contributed by atoms with E-state index in [-0.39, 0.29) is 11.2 Å². The highest BCUT2D eigenvalue weighted by molar-refractivity contribution is 6.20. The molecule has 0 aliphatic rings. The zero-order valence-electron chi connectivity index (χ0n) is 11.0. The lowest BCUT2D eigenvalue weighted by Crippen LogP contribution is -2.07. The van der Waals surface area contributed by atoms with Crippen molar-refractivity contribution in [2.75, 3.05) is 0 Å². The fourth-order valence-electron chi connectivity index (χ4n) is 2.14. The molecule has 0 aliphatic carbocycles. The lowest BCUT2D eigenvalue weighted by Gasteiger charge is -2.07. The van der Waals surface area contributed by atoms with Crippen LogP contribution in [0.1, 0.15) is 29.8 Å². The fourth-order valence-corrected chi connectivity index (χ4v) is 2.30. The second-order valence-corrected chi connectivity index (χ2v) is 5.19. The molecule has 20 heavy (non-hydrogen) atoms. The third kappa shape index (κ3) is 2.27. The predicted molar refractivity (Wildman–Crippen MR) is 72.1 cm³/mol. The minimum atomic E-state index is -0.327. The molecule has 0 radical (unpaired) electrons. The normalized spacial score (nSPS) is 13.0. The SMILES string of the molecule is Cc1nc(Cn2c(C(C)Cl)nc3cc(F)ccc32)no1. The Bertz CT molecular complexity index is 765. The van der Waals surface area contributed by atoms with E-state index in [2.05, 4.69) is 15.1 Å². The minimum absolute atomic E-state index is 0.307. The lowest BCUT2D eigenvalue weighted by atomic mass is 10.3. The summed E-state index contributed by atoms with van der Waals surface area (Å²) in [6.07, 6.45) is 0. The number of imidazole rings is 1. The van der Waals surface area contributed by atoms with Crippen LogP contribution in [0.3, 0.4) is 0 Å². The van der Waals surface area contributed by atoms with Crippen LogP contribution in [0.4, 0.5) is 4.39 Å². The van der Waals surface area contributed by atoms with Crippen LogP contribution in [0.5, 0.6) is 0 Å². The van der Waals surface area contributed by atoms with E-state index in [4.69, 9.17) is 16.1 Å². The summed E-state index contributed by atoms with van der Waals surface area (Å²) in [7, 11) is 0. The molecule has 3 rings (SSSR count). The third-order valence-electron chi connectivity index (χ3n) is 2.96. The maximum absolute atomic E-state index is 13.3. The van der Waals surface area contributed by atoms with Gasteiger partial charge in [0.05, 0.1) is 23.0 Å². The van der Waals surface area contributed by atoms with E-state index < -0.39 is 0 Å². The van der Waals surface area contributed by atoms with Gasteiger partial charge in [0.15, 0.2) is 5.82 Å². The van der Waals surface area contributed by atoms with E-state index >= 15 is 0 Å². The van der Waals surface area contributed by atoms with Gasteiger partial charge in [0.25, 0.3) is 0 Å². The van der Waals surface area contributed by atoms with Crippen LogP contribution in [-0.4, -0.2) is 19.7 Å². The van der Waals surface area contributed by atoms with Gasteiger partial charge in [-0.15, -0.1) is 11.6 Å². The molecule has 2 heterocycles. The van der Waals surface area contributed by atoms with Gasteiger partial charge in [-0.25, -0.2) is 9.37 Å². The molecule has 0 saturated carbocycles. The van der Waals surface area contributed by atoms with E-state index in [1.807, 2.05) is 11.5 Å². The van der Waals surface area contributed by atoms with Crippen LogP contribution < -0.4 is 0 Å². The Labute approximate surface area is 119 Å². The molecule has 0 bridgehead atoms. The fraction of sp³-hybridized carbons (Fsp3) is 0.308. The smallest absolute Gasteiger partial charge is 0.223 e. The van der Waals surface area contributed by atoms with Crippen molar-refractivity contribution in [2.45, 2.75) is 25.8 Å². The summed E-state index contributed by atoms with van der Waals surface area (Å²) in [5, 5.41) is 3.56. The van der Waals surface area contributed by atoms with Crippen LogP contribution in [0.25, 0.3) is 11.0 Å². The van der Waals surface area contributed by atoms with Gasteiger partial charge in [0.1, 0.15) is 11.6 Å². The Balaban J connectivity index is 2.13. The molecule has 1 aromatic carbocycles. The second kappa shape index (κ2) is 4.86. The van der Waals surface area contributed by atoms with Crippen molar-refractivity contribution in [1.29, 1.82) is 0 Å². The molecule has 1 atom stereocenters. The third-order valence-corrected chi connectivity index (χ3v) is 3.16. The topological polar surface area (TPSA) is 56.7 Å². The summed E-state index contributed by atoms with van der Waals surface area (Å²) in [6.45, 7) is 3.92. The number of rotatable bonds is 3. The summed E-state index contributed by atoms with van der Waals surface area (Å²) in [4.78, 5) is 8.55. The molecule has 3 aromatic rings. The molecule has 0 aliphatic heterocycles. The first-order chi connectivity index (χ1) is 9.54.